The van der Waals surface area contributed by atoms with E-state index in [1.54, 1.807) is 6.92 Å². The summed E-state index contributed by atoms with van der Waals surface area (Å²) in [6.07, 6.45) is -1.15. The van der Waals surface area contributed by atoms with Crippen LogP contribution in [0.3, 0.4) is 0 Å². The zero-order valence-electron chi connectivity index (χ0n) is 11.1. The lowest BCUT2D eigenvalue weighted by atomic mass is 10.3. The number of non-ortho nitro benzene ring substituents is 1. The van der Waals surface area contributed by atoms with Crippen molar-refractivity contribution in [1.82, 2.24) is 0 Å². The monoisotopic (exact) mass is 285 g/mol. The van der Waals surface area contributed by atoms with Gasteiger partial charge in [0.2, 0.25) is 0 Å². The highest BCUT2D eigenvalue weighted by molar-refractivity contribution is 5.72. The summed E-state index contributed by atoms with van der Waals surface area (Å²) in [5.41, 5.74) is -0.177. The van der Waals surface area contributed by atoms with Crippen LogP contribution < -0.4 is 9.47 Å². The second kappa shape index (κ2) is 7.29. The first-order valence-corrected chi connectivity index (χ1v) is 5.79. The van der Waals surface area contributed by atoms with Gasteiger partial charge in [0.1, 0.15) is 6.61 Å². The van der Waals surface area contributed by atoms with Crippen LogP contribution in [0.15, 0.2) is 18.2 Å². The number of carbonyl (C=O) groups is 1. The Bertz CT molecular complexity index is 489. The lowest BCUT2D eigenvalue weighted by Crippen LogP contribution is -2.30. The molecule has 1 unspecified atom stereocenters. The minimum atomic E-state index is -1.17. The SMILES string of the molecule is CCOC(COc1cc([N+](=O)[O-])ccc1OC)C(=O)O. The number of hydrogen-bond donors (Lipinski definition) is 1. The van der Waals surface area contributed by atoms with Gasteiger partial charge in [0.25, 0.3) is 5.69 Å². The van der Waals surface area contributed by atoms with Crippen molar-refractivity contribution in [2.24, 2.45) is 0 Å². The molecular formula is C12H15NO7. The quantitative estimate of drug-likeness (QED) is 0.569. The molecule has 0 heterocycles. The highest BCUT2D eigenvalue weighted by Crippen LogP contribution is 2.31. The molecule has 0 aliphatic heterocycles. The summed E-state index contributed by atoms with van der Waals surface area (Å²) in [6, 6.07) is 3.82. The fourth-order valence-electron chi connectivity index (χ4n) is 1.45. The third kappa shape index (κ3) is 4.09. The van der Waals surface area contributed by atoms with Crippen molar-refractivity contribution in [2.45, 2.75) is 13.0 Å². The molecule has 0 saturated heterocycles. The molecule has 1 aromatic carbocycles. The molecule has 0 radical (unpaired) electrons. The van der Waals surface area contributed by atoms with Crippen molar-refractivity contribution in [3.05, 3.63) is 28.3 Å². The van der Waals surface area contributed by atoms with Gasteiger partial charge in [-0.15, -0.1) is 0 Å². The van der Waals surface area contributed by atoms with Crippen LogP contribution in [0, 0.1) is 10.1 Å². The molecular weight excluding hydrogens is 270 g/mol. The maximum absolute atomic E-state index is 10.9. The van der Waals surface area contributed by atoms with Gasteiger partial charge in [-0.25, -0.2) is 4.79 Å². The topological polar surface area (TPSA) is 108 Å². The van der Waals surface area contributed by atoms with Crippen LogP contribution in [-0.4, -0.2) is 42.4 Å². The second-order valence-electron chi connectivity index (χ2n) is 3.69. The standard InChI is InChI=1S/C12H15NO7/c1-3-19-11(12(14)15)7-20-10-6-8(13(16)17)4-5-9(10)18-2/h4-6,11H,3,7H2,1-2H3,(H,14,15). The van der Waals surface area contributed by atoms with Crippen molar-refractivity contribution in [3.8, 4) is 11.5 Å². The summed E-state index contributed by atoms with van der Waals surface area (Å²) in [7, 11) is 1.38. The summed E-state index contributed by atoms with van der Waals surface area (Å²) in [5, 5.41) is 19.6. The molecule has 0 saturated carbocycles. The van der Waals surface area contributed by atoms with Gasteiger partial charge < -0.3 is 19.3 Å². The molecule has 20 heavy (non-hydrogen) atoms. The predicted molar refractivity (Wildman–Crippen MR) is 68.2 cm³/mol. The average Bonchev–Trinajstić information content (AvgIpc) is 2.42. The minimum Gasteiger partial charge on any atom is -0.493 e. The molecule has 0 amide bonds. The van der Waals surface area contributed by atoms with E-state index in [-0.39, 0.29) is 30.4 Å². The molecule has 0 aliphatic carbocycles. The summed E-state index contributed by atoms with van der Waals surface area (Å²) in [4.78, 5) is 21.0. The Morgan fingerprint density at radius 2 is 2.15 bits per heavy atom. The van der Waals surface area contributed by atoms with Crippen molar-refractivity contribution in [1.29, 1.82) is 0 Å². The molecule has 0 fully saturated rings. The normalized spacial score (nSPS) is 11.7. The molecule has 1 rings (SSSR count). The van der Waals surface area contributed by atoms with Crippen LogP contribution in [0.4, 0.5) is 5.69 Å². The summed E-state index contributed by atoms with van der Waals surface area (Å²) in [5.74, 6) is -0.805. The maximum Gasteiger partial charge on any atom is 0.336 e. The van der Waals surface area contributed by atoms with Gasteiger partial charge in [-0.1, -0.05) is 0 Å². The molecule has 0 spiro atoms. The smallest absolute Gasteiger partial charge is 0.336 e. The van der Waals surface area contributed by atoms with Crippen LogP contribution in [-0.2, 0) is 9.53 Å². The van der Waals surface area contributed by atoms with Crippen LogP contribution in [0.2, 0.25) is 0 Å². The van der Waals surface area contributed by atoms with Crippen molar-refractivity contribution < 1.29 is 29.0 Å². The zero-order chi connectivity index (χ0) is 15.1. The summed E-state index contributed by atoms with van der Waals surface area (Å²) in [6.45, 7) is 1.59. The van der Waals surface area contributed by atoms with Gasteiger partial charge in [-0.2, -0.15) is 0 Å². The van der Waals surface area contributed by atoms with E-state index in [1.165, 1.54) is 25.3 Å². The van der Waals surface area contributed by atoms with Gasteiger partial charge in [0.05, 0.1) is 18.1 Å². The first kappa shape index (κ1) is 15.7. The number of benzene rings is 1. The zero-order valence-corrected chi connectivity index (χ0v) is 11.1. The Hall–Kier alpha value is -2.35. The number of nitrogens with zero attached hydrogens (tertiary/aromatic N) is 1. The van der Waals surface area contributed by atoms with Gasteiger partial charge in [0.15, 0.2) is 17.6 Å². The average molecular weight is 285 g/mol. The third-order valence-corrected chi connectivity index (χ3v) is 2.39. The molecule has 0 aliphatic rings. The second-order valence-corrected chi connectivity index (χ2v) is 3.69. The summed E-state index contributed by atoms with van der Waals surface area (Å²) < 4.78 is 15.2. The van der Waals surface area contributed by atoms with Crippen LogP contribution in [0.5, 0.6) is 11.5 Å². The molecule has 1 atom stereocenters. The molecule has 1 aromatic rings. The summed E-state index contributed by atoms with van der Waals surface area (Å²) >= 11 is 0. The first-order valence-electron chi connectivity index (χ1n) is 5.79. The first-order chi connectivity index (χ1) is 9.49. The van der Waals surface area contributed by atoms with Crippen LogP contribution in [0.1, 0.15) is 6.92 Å². The van der Waals surface area contributed by atoms with E-state index >= 15 is 0 Å². The molecule has 8 nitrogen and oxygen atoms in total. The number of ether oxygens (including phenoxy) is 3. The van der Waals surface area contributed by atoms with Crippen molar-refractivity contribution in [3.63, 3.8) is 0 Å². The van der Waals surface area contributed by atoms with E-state index in [0.717, 1.165) is 0 Å². The Kier molecular flexibility index (Phi) is 5.73. The number of hydrogen-bond acceptors (Lipinski definition) is 6. The van der Waals surface area contributed by atoms with Gasteiger partial charge >= 0.3 is 5.97 Å². The largest absolute Gasteiger partial charge is 0.493 e. The molecule has 0 bridgehead atoms. The van der Waals surface area contributed by atoms with E-state index < -0.39 is 17.0 Å². The van der Waals surface area contributed by atoms with E-state index in [0.29, 0.717) is 0 Å². The van der Waals surface area contributed by atoms with Crippen molar-refractivity contribution in [2.75, 3.05) is 20.3 Å². The third-order valence-electron chi connectivity index (χ3n) is 2.39. The molecule has 8 heteroatoms. The highest BCUT2D eigenvalue weighted by Gasteiger charge is 2.20. The Balaban J connectivity index is 2.86. The van der Waals surface area contributed by atoms with Crippen LogP contribution in [0.25, 0.3) is 0 Å². The molecule has 110 valence electrons. The van der Waals surface area contributed by atoms with Crippen LogP contribution >= 0.6 is 0 Å². The Morgan fingerprint density at radius 1 is 1.45 bits per heavy atom. The van der Waals surface area contributed by atoms with E-state index in [4.69, 9.17) is 19.3 Å². The highest BCUT2D eigenvalue weighted by atomic mass is 16.6. The van der Waals surface area contributed by atoms with E-state index in [1.807, 2.05) is 0 Å². The van der Waals surface area contributed by atoms with E-state index in [9.17, 15) is 14.9 Å². The number of carboxylic acid groups (broad SMARTS) is 1. The molecule has 1 N–H and O–H groups in total. The minimum absolute atomic E-state index is 0.0904. The molecule has 0 aromatic heterocycles. The fraction of sp³-hybridized carbons (Fsp3) is 0.417. The lowest BCUT2D eigenvalue weighted by Gasteiger charge is -2.15. The van der Waals surface area contributed by atoms with Crippen molar-refractivity contribution >= 4 is 11.7 Å². The number of aliphatic carboxylic acids is 1. The predicted octanol–water partition coefficient (Wildman–Crippen LogP) is 1.47. The number of carboxylic acids is 1. The Morgan fingerprint density at radius 3 is 2.65 bits per heavy atom. The van der Waals surface area contributed by atoms with Gasteiger partial charge in [0, 0.05) is 12.7 Å². The number of nitro benzene ring substituents is 1. The number of methoxy groups -OCH3 is 1. The van der Waals surface area contributed by atoms with Gasteiger partial charge in [-0.05, 0) is 13.0 Å². The van der Waals surface area contributed by atoms with E-state index in [2.05, 4.69) is 0 Å². The fourth-order valence-corrected chi connectivity index (χ4v) is 1.45. The maximum atomic E-state index is 10.9. The Labute approximate surface area is 115 Å². The number of nitro groups is 1. The number of rotatable bonds is 8. The lowest BCUT2D eigenvalue weighted by molar-refractivity contribution is -0.385. The van der Waals surface area contributed by atoms with Gasteiger partial charge in [-0.3, -0.25) is 10.1 Å².